The summed E-state index contributed by atoms with van der Waals surface area (Å²) in [6.07, 6.45) is 6.66. The number of aryl methyl sites for hydroxylation is 1. The monoisotopic (exact) mass is 1060 g/mol. The Morgan fingerprint density at radius 2 is 0.771 bits per heavy atom. The van der Waals surface area contributed by atoms with Gasteiger partial charge in [-0.05, 0) is 84.1 Å². The van der Waals surface area contributed by atoms with Crippen LogP contribution >= 0.6 is 0 Å². The highest BCUT2D eigenvalue weighted by Crippen LogP contribution is 2.58. The number of hydrogen-bond donors (Lipinski definition) is 0. The SMILES string of the molecule is C1=Cc2c(c3ccc4c5ccccc5n(-c5ccccc5)c4c3n2C2(n3c4ccccc4c4ccc5c6ccccc6n(-c6ccccc6)c5c43)c3ccccc3-c3ccc(-c4nc(-c5ccccc5)nc(-c5ccccc5)n4)cc32)CC1. The minimum absolute atomic E-state index is 0.602. The third-order valence-electron chi connectivity index (χ3n) is 17.8. The summed E-state index contributed by atoms with van der Waals surface area (Å²) in [6.45, 7) is 0. The number of hydrogen-bond acceptors (Lipinski definition) is 3. The van der Waals surface area contributed by atoms with Gasteiger partial charge in [-0.15, -0.1) is 0 Å². The van der Waals surface area contributed by atoms with Crippen LogP contribution in [0.1, 0.15) is 28.8 Å². The van der Waals surface area contributed by atoms with E-state index in [0.29, 0.717) is 17.5 Å². The fraction of sp³-hybridized carbons (Fsp3) is 0.0395. The van der Waals surface area contributed by atoms with Gasteiger partial charge in [0.15, 0.2) is 23.1 Å². The fourth-order valence-electron chi connectivity index (χ4n) is 14.5. The minimum atomic E-state index is -1.13. The summed E-state index contributed by atoms with van der Waals surface area (Å²) >= 11 is 0. The number of fused-ring (bicyclic) bond motifs is 17. The van der Waals surface area contributed by atoms with E-state index in [0.717, 1.165) is 79.6 Å². The lowest BCUT2D eigenvalue weighted by Crippen LogP contribution is -2.42. The predicted molar refractivity (Wildman–Crippen MR) is 341 cm³/mol. The van der Waals surface area contributed by atoms with E-state index in [9.17, 15) is 0 Å². The van der Waals surface area contributed by atoms with Gasteiger partial charge >= 0.3 is 0 Å². The summed E-state index contributed by atoms with van der Waals surface area (Å²) in [5.41, 5.74) is 19.1. The Labute approximate surface area is 477 Å². The topological polar surface area (TPSA) is 58.4 Å². The molecule has 5 aromatic heterocycles. The number of benzene rings is 11. The maximum Gasteiger partial charge on any atom is 0.176 e. The van der Waals surface area contributed by atoms with Gasteiger partial charge in [-0.2, -0.15) is 0 Å². The van der Waals surface area contributed by atoms with E-state index in [1.807, 2.05) is 36.4 Å². The molecule has 0 radical (unpaired) electrons. The van der Waals surface area contributed by atoms with Crippen LogP contribution in [0.4, 0.5) is 0 Å². The third kappa shape index (κ3) is 6.36. The van der Waals surface area contributed by atoms with E-state index in [2.05, 4.69) is 255 Å². The van der Waals surface area contributed by atoms with Crippen LogP contribution in [-0.4, -0.2) is 33.2 Å². The van der Waals surface area contributed by atoms with Crippen LogP contribution < -0.4 is 0 Å². The molecule has 1 atom stereocenters. The summed E-state index contributed by atoms with van der Waals surface area (Å²) < 4.78 is 10.6. The molecular formula is C76H49N7. The van der Waals surface area contributed by atoms with Crippen molar-refractivity contribution in [2.75, 3.05) is 0 Å². The van der Waals surface area contributed by atoms with Crippen molar-refractivity contribution in [3.8, 4) is 56.7 Å². The van der Waals surface area contributed by atoms with Gasteiger partial charge in [0.25, 0.3) is 0 Å². The molecule has 18 rings (SSSR count). The predicted octanol–water partition coefficient (Wildman–Crippen LogP) is 18.4. The molecule has 0 saturated heterocycles. The molecule has 0 saturated carbocycles. The number of nitrogens with zero attached hydrogens (tertiary/aromatic N) is 7. The van der Waals surface area contributed by atoms with E-state index >= 15 is 0 Å². The molecule has 0 spiro atoms. The largest absolute Gasteiger partial charge is 0.307 e. The van der Waals surface area contributed by atoms with Crippen LogP contribution in [0, 0.1) is 0 Å². The second kappa shape index (κ2) is 17.6. The molecule has 0 amide bonds. The van der Waals surface area contributed by atoms with E-state index in [-0.39, 0.29) is 0 Å². The third-order valence-corrected chi connectivity index (χ3v) is 17.8. The Balaban J connectivity index is 1.09. The lowest BCUT2D eigenvalue weighted by molar-refractivity contribution is 0.402. The first-order chi connectivity index (χ1) is 41.2. The van der Waals surface area contributed by atoms with Crippen molar-refractivity contribution in [2.24, 2.45) is 0 Å². The standard InChI is InChI=1S/C76H49N7/c1-5-23-48(24-6-1)73-77-74(49-25-7-2-8-26-49)79-75(78-73)50-41-42-54-53-31-13-18-36-63(53)76(64(54)47-50,82-67-39-21-16-34-57(67)61-45-43-59-55-32-14-19-37-65(55)80(69(59)71(61)82)51-27-9-3-10-28-51)83-68-40-22-17-35-58(68)62-46-44-60-56-33-15-20-38-66(56)81(70(60)72(62)83)52-29-11-4-12-30-52/h1-16,18-34,36-47H,17,35H2. The van der Waals surface area contributed by atoms with Crippen LogP contribution in [0.3, 0.4) is 0 Å². The number of para-hydroxylation sites is 5. The molecule has 0 N–H and O–H groups in total. The molecule has 16 aromatic rings. The summed E-state index contributed by atoms with van der Waals surface area (Å²) in [5, 5.41) is 8.41. The maximum absolute atomic E-state index is 5.43. The molecule has 7 heteroatoms. The zero-order chi connectivity index (χ0) is 54.3. The highest BCUT2D eigenvalue weighted by atomic mass is 15.3. The Kier molecular flexibility index (Phi) is 9.71. The van der Waals surface area contributed by atoms with Crippen molar-refractivity contribution in [2.45, 2.75) is 18.5 Å². The average molecular weight is 1060 g/mol. The first-order valence-corrected chi connectivity index (χ1v) is 28.7. The average Bonchev–Trinajstić information content (AvgIpc) is 2.90. The van der Waals surface area contributed by atoms with E-state index in [1.165, 1.54) is 71.1 Å². The molecule has 0 fully saturated rings. The van der Waals surface area contributed by atoms with Crippen molar-refractivity contribution < 1.29 is 0 Å². The molecule has 0 aliphatic heterocycles. The molecule has 5 heterocycles. The van der Waals surface area contributed by atoms with E-state index in [1.54, 1.807) is 0 Å². The van der Waals surface area contributed by atoms with Crippen LogP contribution in [0.15, 0.2) is 267 Å². The summed E-state index contributed by atoms with van der Waals surface area (Å²) in [5.74, 6) is 1.84. The minimum Gasteiger partial charge on any atom is -0.307 e. The molecular weight excluding hydrogens is 1010 g/mol. The molecule has 83 heavy (non-hydrogen) atoms. The second-order valence-electron chi connectivity index (χ2n) is 22.1. The Morgan fingerprint density at radius 1 is 0.325 bits per heavy atom. The van der Waals surface area contributed by atoms with Crippen LogP contribution in [0.2, 0.25) is 0 Å². The lowest BCUT2D eigenvalue weighted by atomic mass is 9.92. The highest BCUT2D eigenvalue weighted by Gasteiger charge is 2.51. The van der Waals surface area contributed by atoms with Crippen LogP contribution in [-0.2, 0) is 12.1 Å². The fourth-order valence-corrected chi connectivity index (χ4v) is 14.5. The molecule has 2 aliphatic rings. The molecule has 1 unspecified atom stereocenters. The smallest absolute Gasteiger partial charge is 0.176 e. The number of allylic oxidation sites excluding steroid dienone is 1. The molecule has 11 aromatic carbocycles. The van der Waals surface area contributed by atoms with Gasteiger partial charge in [-0.3, -0.25) is 0 Å². The van der Waals surface area contributed by atoms with Crippen molar-refractivity contribution in [1.29, 1.82) is 0 Å². The maximum atomic E-state index is 5.43. The normalized spacial score (nSPS) is 14.7. The number of rotatable bonds is 7. The second-order valence-corrected chi connectivity index (χ2v) is 22.1. The van der Waals surface area contributed by atoms with Crippen LogP contribution in [0.5, 0.6) is 0 Å². The zero-order valence-electron chi connectivity index (χ0n) is 45.0. The Hall–Kier alpha value is -10.9. The Bertz CT molecular complexity index is 5320. The highest BCUT2D eigenvalue weighted by molar-refractivity contribution is 6.24. The first kappa shape index (κ1) is 45.9. The quantitative estimate of drug-likeness (QED) is 0.160. The lowest BCUT2D eigenvalue weighted by Gasteiger charge is -2.40. The van der Waals surface area contributed by atoms with Gasteiger partial charge in [-0.1, -0.05) is 218 Å². The first-order valence-electron chi connectivity index (χ1n) is 28.7. The number of aromatic nitrogens is 7. The molecule has 7 nitrogen and oxygen atoms in total. The van der Waals surface area contributed by atoms with E-state index < -0.39 is 5.66 Å². The van der Waals surface area contributed by atoms with Gasteiger partial charge in [0, 0.05) is 82.6 Å². The van der Waals surface area contributed by atoms with Gasteiger partial charge in [0.05, 0.1) is 38.6 Å². The molecule has 0 bridgehead atoms. The van der Waals surface area contributed by atoms with E-state index in [4.69, 9.17) is 15.0 Å². The summed E-state index contributed by atoms with van der Waals surface area (Å²) in [6, 6.07) is 95.3. The molecule has 388 valence electrons. The van der Waals surface area contributed by atoms with Gasteiger partial charge < -0.3 is 18.3 Å². The van der Waals surface area contributed by atoms with Gasteiger partial charge in [0.2, 0.25) is 0 Å². The van der Waals surface area contributed by atoms with Crippen molar-refractivity contribution >= 4 is 82.4 Å². The van der Waals surface area contributed by atoms with Crippen molar-refractivity contribution in [3.63, 3.8) is 0 Å². The van der Waals surface area contributed by atoms with Crippen molar-refractivity contribution in [1.82, 2.24) is 33.2 Å². The summed E-state index contributed by atoms with van der Waals surface area (Å²) in [7, 11) is 0. The van der Waals surface area contributed by atoms with Gasteiger partial charge in [0.1, 0.15) is 0 Å². The van der Waals surface area contributed by atoms with Crippen molar-refractivity contribution in [3.05, 3.63) is 289 Å². The van der Waals surface area contributed by atoms with Crippen LogP contribution in [0.25, 0.3) is 139 Å². The molecule has 2 aliphatic carbocycles. The summed E-state index contributed by atoms with van der Waals surface area (Å²) in [4.78, 5) is 16.1. The van der Waals surface area contributed by atoms with Gasteiger partial charge in [-0.25, -0.2) is 15.0 Å². The Morgan fingerprint density at radius 3 is 1.36 bits per heavy atom. The zero-order valence-corrected chi connectivity index (χ0v) is 45.0.